The quantitative estimate of drug-likeness (QED) is 0.231. The normalized spacial score (nSPS) is 15.5. The van der Waals surface area contributed by atoms with Crippen LogP contribution in [-0.4, -0.2) is 43.0 Å². The first-order valence-electron chi connectivity index (χ1n) is 13.2. The minimum Gasteiger partial charge on any atom is -0.378 e. The lowest BCUT2D eigenvalue weighted by Gasteiger charge is -2.21. The van der Waals surface area contributed by atoms with Crippen molar-refractivity contribution in [3.8, 4) is 0 Å². The molecule has 4 rings (SSSR count). The maximum atomic E-state index is 4.80. The van der Waals surface area contributed by atoms with Gasteiger partial charge >= 0.3 is 0 Å². The molecule has 0 unspecified atom stereocenters. The van der Waals surface area contributed by atoms with Gasteiger partial charge in [-0.1, -0.05) is 69.2 Å². The molecule has 3 heteroatoms. The Morgan fingerprint density at radius 3 is 2.42 bits per heavy atom. The second-order valence-electron chi connectivity index (χ2n) is 9.96. The van der Waals surface area contributed by atoms with Crippen molar-refractivity contribution in [1.29, 1.82) is 0 Å². The van der Waals surface area contributed by atoms with E-state index < -0.39 is 0 Å². The van der Waals surface area contributed by atoms with Gasteiger partial charge in [0.25, 0.3) is 0 Å². The molecular formula is C35H38N3+. The highest BCUT2D eigenvalue weighted by Crippen LogP contribution is 2.34. The number of rotatable bonds is 8. The van der Waals surface area contributed by atoms with Crippen molar-refractivity contribution in [3.63, 3.8) is 0 Å². The average molecular weight is 501 g/mol. The third-order valence-corrected chi connectivity index (χ3v) is 7.06. The summed E-state index contributed by atoms with van der Waals surface area (Å²) in [4.78, 5) is 6.93. The van der Waals surface area contributed by atoms with E-state index in [0.717, 1.165) is 64.2 Å². The Morgan fingerprint density at radius 1 is 1.00 bits per heavy atom. The molecule has 2 heterocycles. The molecule has 0 atom stereocenters. The van der Waals surface area contributed by atoms with Gasteiger partial charge in [-0.05, 0) is 69.8 Å². The van der Waals surface area contributed by atoms with E-state index in [0.29, 0.717) is 0 Å². The van der Waals surface area contributed by atoms with Gasteiger partial charge in [0, 0.05) is 44.0 Å². The SMILES string of the molecule is C=C/C=C\C1=[N+](C)CCC(=C)/C1=C(\C(=C)CC)c1cc(/C=C/c2ccc3cc(N(C)C)ccc3c2)ccn1. The Morgan fingerprint density at radius 2 is 1.71 bits per heavy atom. The van der Waals surface area contributed by atoms with Gasteiger partial charge in [0.15, 0.2) is 0 Å². The fraction of sp³-hybridized carbons (Fsp3) is 0.200. The zero-order chi connectivity index (χ0) is 27.2. The molecule has 3 nitrogen and oxygen atoms in total. The summed E-state index contributed by atoms with van der Waals surface area (Å²) in [6, 6.07) is 17.4. The minimum absolute atomic E-state index is 0.836. The monoisotopic (exact) mass is 500 g/mol. The van der Waals surface area contributed by atoms with Gasteiger partial charge in [0.2, 0.25) is 5.71 Å². The zero-order valence-corrected chi connectivity index (χ0v) is 23.2. The Hall–Kier alpha value is -4.24. The summed E-state index contributed by atoms with van der Waals surface area (Å²) in [5.74, 6) is 0. The van der Waals surface area contributed by atoms with Crippen LogP contribution >= 0.6 is 0 Å². The van der Waals surface area contributed by atoms with Crippen LogP contribution in [0.5, 0.6) is 0 Å². The van der Waals surface area contributed by atoms with Crippen LogP contribution in [0.25, 0.3) is 28.5 Å². The lowest BCUT2D eigenvalue weighted by atomic mass is 9.85. The van der Waals surface area contributed by atoms with Crippen LogP contribution in [0, 0.1) is 0 Å². The van der Waals surface area contributed by atoms with Gasteiger partial charge < -0.3 is 4.90 Å². The fourth-order valence-electron chi connectivity index (χ4n) is 4.77. The molecule has 3 aromatic rings. The Bertz CT molecular complexity index is 1530. The highest BCUT2D eigenvalue weighted by Gasteiger charge is 2.28. The van der Waals surface area contributed by atoms with Crippen molar-refractivity contribution in [2.45, 2.75) is 19.8 Å². The molecule has 0 saturated carbocycles. The van der Waals surface area contributed by atoms with E-state index in [1.54, 1.807) is 0 Å². The molecule has 0 amide bonds. The predicted octanol–water partition coefficient (Wildman–Crippen LogP) is 7.98. The van der Waals surface area contributed by atoms with Crippen molar-refractivity contribution in [2.75, 3.05) is 32.6 Å². The molecule has 0 fully saturated rings. The lowest BCUT2D eigenvalue weighted by molar-refractivity contribution is -0.497. The van der Waals surface area contributed by atoms with Gasteiger partial charge in [-0.3, -0.25) is 4.98 Å². The molecule has 0 N–H and O–H groups in total. The van der Waals surface area contributed by atoms with Crippen LogP contribution in [0.1, 0.15) is 36.6 Å². The lowest BCUT2D eigenvalue weighted by Crippen LogP contribution is -2.26. The van der Waals surface area contributed by atoms with Crippen molar-refractivity contribution < 1.29 is 4.58 Å². The number of fused-ring (bicyclic) bond motifs is 1. The smallest absolute Gasteiger partial charge is 0.207 e. The molecule has 0 radical (unpaired) electrons. The maximum Gasteiger partial charge on any atom is 0.207 e. The first-order valence-corrected chi connectivity index (χ1v) is 13.2. The summed E-state index contributed by atoms with van der Waals surface area (Å²) in [6.45, 7) is 15.8. The topological polar surface area (TPSA) is 19.1 Å². The highest BCUT2D eigenvalue weighted by molar-refractivity contribution is 6.15. The third kappa shape index (κ3) is 5.84. The molecule has 0 aliphatic carbocycles. The summed E-state index contributed by atoms with van der Waals surface area (Å²) in [5, 5.41) is 2.47. The van der Waals surface area contributed by atoms with Gasteiger partial charge in [-0.15, -0.1) is 0 Å². The number of anilines is 1. The summed E-state index contributed by atoms with van der Waals surface area (Å²) >= 11 is 0. The number of pyridine rings is 1. The zero-order valence-electron chi connectivity index (χ0n) is 23.2. The molecule has 2 aromatic carbocycles. The molecule has 1 aliphatic rings. The van der Waals surface area contributed by atoms with Crippen molar-refractivity contribution in [1.82, 2.24) is 4.98 Å². The van der Waals surface area contributed by atoms with Gasteiger partial charge in [-0.25, -0.2) is 4.58 Å². The van der Waals surface area contributed by atoms with Crippen molar-refractivity contribution in [3.05, 3.63) is 126 Å². The number of hydrogen-bond acceptors (Lipinski definition) is 2. The van der Waals surface area contributed by atoms with Crippen LogP contribution < -0.4 is 4.90 Å². The number of nitrogens with zero attached hydrogens (tertiary/aromatic N) is 3. The van der Waals surface area contributed by atoms with E-state index in [1.165, 1.54) is 16.5 Å². The molecule has 192 valence electrons. The number of hydrogen-bond donors (Lipinski definition) is 0. The second-order valence-corrected chi connectivity index (χ2v) is 9.96. The Labute approximate surface area is 227 Å². The standard InChI is InChI=1S/C35H38N3/c1-8-10-11-33-35(26(4)19-21-38(33)7)34(25(3)9-2)32-23-28(18-20-36-32)13-12-27-14-15-30-24-31(37(5)6)17-16-29(30)22-27/h8,10-18,20,22-24H,1,3-4,9,19,21H2,2,5-7H3/q+1/b11-10-,13-12+,35-34-. The first-order chi connectivity index (χ1) is 18.3. The van der Waals surface area contributed by atoms with Crippen LogP contribution in [0.2, 0.25) is 0 Å². The molecular weight excluding hydrogens is 462 g/mol. The van der Waals surface area contributed by atoms with E-state index in [2.05, 4.69) is 118 Å². The maximum absolute atomic E-state index is 4.80. The first kappa shape index (κ1) is 26.8. The molecule has 38 heavy (non-hydrogen) atoms. The van der Waals surface area contributed by atoms with E-state index in [4.69, 9.17) is 4.98 Å². The molecule has 0 bridgehead atoms. The van der Waals surface area contributed by atoms with Crippen LogP contribution in [0.3, 0.4) is 0 Å². The molecule has 1 aromatic heterocycles. The summed E-state index contributed by atoms with van der Waals surface area (Å²) < 4.78 is 2.28. The van der Waals surface area contributed by atoms with Crippen molar-refractivity contribution in [2.24, 2.45) is 0 Å². The molecule has 1 aliphatic heterocycles. The van der Waals surface area contributed by atoms with Crippen LogP contribution in [0.4, 0.5) is 5.69 Å². The summed E-state index contributed by atoms with van der Waals surface area (Å²) in [7, 11) is 6.26. The predicted molar refractivity (Wildman–Crippen MR) is 167 cm³/mol. The Balaban J connectivity index is 1.74. The van der Waals surface area contributed by atoms with Crippen LogP contribution in [0.15, 0.2) is 109 Å². The largest absolute Gasteiger partial charge is 0.378 e. The van der Waals surface area contributed by atoms with Gasteiger partial charge in [0.1, 0.15) is 13.6 Å². The fourth-order valence-corrected chi connectivity index (χ4v) is 4.77. The van der Waals surface area contributed by atoms with E-state index >= 15 is 0 Å². The Kier molecular flexibility index (Phi) is 8.38. The van der Waals surface area contributed by atoms with E-state index in [1.807, 2.05) is 24.4 Å². The van der Waals surface area contributed by atoms with Crippen molar-refractivity contribution >= 4 is 39.9 Å². The van der Waals surface area contributed by atoms with Gasteiger partial charge in [0.05, 0.1) is 11.3 Å². The number of allylic oxidation sites excluding steroid dienone is 6. The van der Waals surface area contributed by atoms with E-state index in [9.17, 15) is 0 Å². The summed E-state index contributed by atoms with van der Waals surface area (Å²) in [6.07, 6.45) is 13.9. The minimum atomic E-state index is 0.836. The highest BCUT2D eigenvalue weighted by atomic mass is 15.1. The third-order valence-electron chi connectivity index (χ3n) is 7.06. The summed E-state index contributed by atoms with van der Waals surface area (Å²) in [5.41, 5.74) is 9.89. The second kappa shape index (κ2) is 11.9. The molecule has 0 spiro atoms. The van der Waals surface area contributed by atoms with E-state index in [-0.39, 0.29) is 0 Å². The van der Waals surface area contributed by atoms with Gasteiger partial charge in [-0.2, -0.15) is 0 Å². The average Bonchev–Trinajstić information content (AvgIpc) is 2.93. The number of benzene rings is 2. The number of aromatic nitrogens is 1. The molecule has 0 saturated heterocycles. The van der Waals surface area contributed by atoms with Crippen LogP contribution in [-0.2, 0) is 0 Å².